The number of benzene rings is 1. The van der Waals surface area contributed by atoms with E-state index in [0.717, 1.165) is 12.1 Å². The highest BCUT2D eigenvalue weighted by molar-refractivity contribution is 5.48. The summed E-state index contributed by atoms with van der Waals surface area (Å²) in [4.78, 5) is 0. The first-order chi connectivity index (χ1) is 5.69. The van der Waals surface area contributed by atoms with Gasteiger partial charge in [0.2, 0.25) is 0 Å². The molecule has 0 heterocycles. The Morgan fingerprint density at radius 2 is 1.83 bits per heavy atom. The predicted molar refractivity (Wildman–Crippen MR) is 38.9 cm³/mol. The molecule has 5 heteroatoms. The molecule has 3 nitrogen and oxygen atoms in total. The van der Waals surface area contributed by atoms with E-state index >= 15 is 0 Å². The maximum Gasteiger partial charge on any atom is 0.146 e. The molecule has 0 bridgehead atoms. The largest absolute Gasteiger partial charge is 0.324 e. The van der Waals surface area contributed by atoms with Gasteiger partial charge in [0, 0.05) is 0 Å². The number of nitriles is 1. The number of anilines is 1. The Morgan fingerprint density at radius 3 is 2.17 bits per heavy atom. The fourth-order valence-corrected chi connectivity index (χ4v) is 0.763. The Morgan fingerprint density at radius 1 is 1.33 bits per heavy atom. The number of rotatable bonds is 1. The van der Waals surface area contributed by atoms with Crippen LogP contribution in [0, 0.1) is 23.0 Å². The zero-order valence-corrected chi connectivity index (χ0v) is 5.94. The van der Waals surface area contributed by atoms with E-state index in [4.69, 9.17) is 11.1 Å². The predicted octanol–water partition coefficient (Wildman–Crippen LogP) is 1.12. The number of hydrogen-bond donors (Lipinski definition) is 2. The van der Waals surface area contributed by atoms with Crippen molar-refractivity contribution in [3.05, 3.63) is 29.3 Å². The van der Waals surface area contributed by atoms with Gasteiger partial charge in [0.1, 0.15) is 23.3 Å². The standard InChI is InChI=1S/C7H5F2N3/c8-6-1-4(12-11)2-7(9)5(6)3-10/h1-2,12H,11H2. The van der Waals surface area contributed by atoms with Crippen molar-refractivity contribution in [2.75, 3.05) is 5.43 Å². The molecule has 0 saturated heterocycles. The molecule has 0 radical (unpaired) electrons. The lowest BCUT2D eigenvalue weighted by Crippen LogP contribution is -2.07. The third-order valence-electron chi connectivity index (χ3n) is 1.32. The highest BCUT2D eigenvalue weighted by atomic mass is 19.1. The van der Waals surface area contributed by atoms with E-state index in [1.165, 1.54) is 6.07 Å². The molecule has 0 aliphatic heterocycles. The number of halogens is 2. The highest BCUT2D eigenvalue weighted by Gasteiger charge is 2.09. The van der Waals surface area contributed by atoms with Crippen molar-refractivity contribution < 1.29 is 8.78 Å². The molecule has 1 rings (SSSR count). The minimum Gasteiger partial charge on any atom is -0.324 e. The quantitative estimate of drug-likeness (QED) is 0.489. The number of nitrogens with two attached hydrogens (primary N) is 1. The highest BCUT2D eigenvalue weighted by Crippen LogP contribution is 2.16. The Labute approximate surface area is 67.4 Å². The first-order valence-electron chi connectivity index (χ1n) is 3.04. The molecule has 0 unspecified atom stereocenters. The zero-order valence-electron chi connectivity index (χ0n) is 5.94. The van der Waals surface area contributed by atoms with Crippen LogP contribution in [0.2, 0.25) is 0 Å². The van der Waals surface area contributed by atoms with E-state index in [1.807, 2.05) is 0 Å². The Balaban J connectivity index is 3.30. The average Bonchev–Trinajstić information content (AvgIpc) is 2.03. The minimum atomic E-state index is -0.926. The molecule has 62 valence electrons. The fourth-order valence-electron chi connectivity index (χ4n) is 0.763. The van der Waals surface area contributed by atoms with Gasteiger partial charge < -0.3 is 5.43 Å². The molecule has 0 aliphatic carbocycles. The molecule has 1 aromatic rings. The third kappa shape index (κ3) is 1.33. The first-order valence-corrected chi connectivity index (χ1v) is 3.04. The summed E-state index contributed by atoms with van der Waals surface area (Å²) in [7, 11) is 0. The van der Waals surface area contributed by atoms with Crippen LogP contribution in [0.15, 0.2) is 12.1 Å². The molecule has 0 saturated carbocycles. The Kier molecular flexibility index (Phi) is 2.21. The van der Waals surface area contributed by atoms with E-state index < -0.39 is 17.2 Å². The lowest BCUT2D eigenvalue weighted by atomic mass is 10.2. The van der Waals surface area contributed by atoms with Crippen LogP contribution >= 0.6 is 0 Å². The van der Waals surface area contributed by atoms with Crippen molar-refractivity contribution in [2.24, 2.45) is 5.84 Å². The molecule has 12 heavy (non-hydrogen) atoms. The van der Waals surface area contributed by atoms with Crippen LogP contribution in [0.3, 0.4) is 0 Å². The van der Waals surface area contributed by atoms with Crippen LogP contribution in [-0.4, -0.2) is 0 Å². The summed E-state index contributed by atoms with van der Waals surface area (Å²) >= 11 is 0. The van der Waals surface area contributed by atoms with Crippen LogP contribution in [0.4, 0.5) is 14.5 Å². The second kappa shape index (κ2) is 3.15. The molecule has 0 aliphatic rings. The van der Waals surface area contributed by atoms with E-state index in [2.05, 4.69) is 5.43 Å². The van der Waals surface area contributed by atoms with Crippen molar-refractivity contribution in [1.29, 1.82) is 5.26 Å². The minimum absolute atomic E-state index is 0.0870. The summed E-state index contributed by atoms with van der Waals surface area (Å²) in [5, 5.41) is 8.28. The van der Waals surface area contributed by atoms with Gasteiger partial charge in [-0.3, -0.25) is 5.84 Å². The Hall–Kier alpha value is -1.67. The van der Waals surface area contributed by atoms with Gasteiger partial charge in [0.05, 0.1) is 5.69 Å². The average molecular weight is 169 g/mol. The molecule has 3 N–H and O–H groups in total. The van der Waals surface area contributed by atoms with Crippen LogP contribution in [0.1, 0.15) is 5.56 Å². The zero-order chi connectivity index (χ0) is 9.14. The van der Waals surface area contributed by atoms with Gasteiger partial charge >= 0.3 is 0 Å². The summed E-state index contributed by atoms with van der Waals surface area (Å²) < 4.78 is 25.5. The summed E-state index contributed by atoms with van der Waals surface area (Å²) in [5.41, 5.74) is 1.55. The molecule has 0 spiro atoms. The lowest BCUT2D eigenvalue weighted by molar-refractivity contribution is 0.577. The smallest absolute Gasteiger partial charge is 0.146 e. The van der Waals surface area contributed by atoms with Gasteiger partial charge in [0.25, 0.3) is 0 Å². The van der Waals surface area contributed by atoms with Gasteiger partial charge in [-0.2, -0.15) is 5.26 Å². The van der Waals surface area contributed by atoms with Gasteiger partial charge in [-0.15, -0.1) is 0 Å². The van der Waals surface area contributed by atoms with Crippen LogP contribution < -0.4 is 11.3 Å². The van der Waals surface area contributed by atoms with Crippen molar-refractivity contribution in [3.63, 3.8) is 0 Å². The van der Waals surface area contributed by atoms with E-state index in [0.29, 0.717) is 0 Å². The monoisotopic (exact) mass is 169 g/mol. The van der Waals surface area contributed by atoms with Gasteiger partial charge in [-0.1, -0.05) is 0 Å². The normalized spacial score (nSPS) is 9.17. The van der Waals surface area contributed by atoms with Crippen molar-refractivity contribution in [3.8, 4) is 6.07 Å². The van der Waals surface area contributed by atoms with E-state index in [9.17, 15) is 8.78 Å². The summed E-state index contributed by atoms with van der Waals surface area (Å²) in [5.74, 6) is 3.06. The van der Waals surface area contributed by atoms with Crippen molar-refractivity contribution in [2.45, 2.75) is 0 Å². The van der Waals surface area contributed by atoms with Crippen molar-refractivity contribution in [1.82, 2.24) is 0 Å². The van der Waals surface area contributed by atoms with Gasteiger partial charge in [-0.05, 0) is 12.1 Å². The summed E-state index contributed by atoms with van der Waals surface area (Å²) in [6, 6.07) is 3.29. The second-order valence-electron chi connectivity index (χ2n) is 2.07. The first kappa shape index (κ1) is 8.43. The van der Waals surface area contributed by atoms with Gasteiger partial charge in [0.15, 0.2) is 0 Å². The fraction of sp³-hybridized carbons (Fsp3) is 0. The number of hydrogen-bond acceptors (Lipinski definition) is 3. The molecular formula is C7H5F2N3. The maximum absolute atomic E-state index is 12.7. The van der Waals surface area contributed by atoms with E-state index in [1.54, 1.807) is 0 Å². The number of nitrogens with one attached hydrogen (secondary N) is 1. The molecule has 0 aromatic heterocycles. The lowest BCUT2D eigenvalue weighted by Gasteiger charge is -2.01. The summed E-state index contributed by atoms with van der Waals surface area (Å²) in [6.07, 6.45) is 0. The number of nitrogens with zero attached hydrogens (tertiary/aromatic N) is 1. The Bertz CT molecular complexity index is 320. The molecule has 0 fully saturated rings. The molecule has 0 atom stereocenters. The molecular weight excluding hydrogens is 164 g/mol. The van der Waals surface area contributed by atoms with Crippen LogP contribution in [-0.2, 0) is 0 Å². The number of hydrazine groups is 1. The second-order valence-corrected chi connectivity index (χ2v) is 2.07. The van der Waals surface area contributed by atoms with E-state index in [-0.39, 0.29) is 5.69 Å². The topological polar surface area (TPSA) is 61.8 Å². The SMILES string of the molecule is N#Cc1c(F)cc(NN)cc1F. The maximum atomic E-state index is 12.7. The number of nitrogen functional groups attached to an aromatic ring is 1. The van der Waals surface area contributed by atoms with Crippen LogP contribution in [0.25, 0.3) is 0 Å². The molecule has 0 amide bonds. The van der Waals surface area contributed by atoms with Gasteiger partial charge in [-0.25, -0.2) is 8.78 Å². The third-order valence-corrected chi connectivity index (χ3v) is 1.32. The summed E-state index contributed by atoms with van der Waals surface area (Å²) in [6.45, 7) is 0. The molecule has 1 aromatic carbocycles. The van der Waals surface area contributed by atoms with Crippen LogP contribution in [0.5, 0.6) is 0 Å². The van der Waals surface area contributed by atoms with Crippen molar-refractivity contribution >= 4 is 5.69 Å².